The predicted molar refractivity (Wildman–Crippen MR) is 68.2 cm³/mol. The standard InChI is InChI=1S/C12H19BrN2O/c1-8(2)7-12(5-3-4-6-12)10-9(13)11(14)15-16-10/h8H,3-7H2,1-2H3,(H2,14,15). The third-order valence-corrected chi connectivity index (χ3v) is 4.27. The second-order valence-corrected chi connectivity index (χ2v) is 6.09. The van der Waals surface area contributed by atoms with Crippen molar-refractivity contribution >= 4 is 21.7 Å². The van der Waals surface area contributed by atoms with Crippen molar-refractivity contribution in [1.82, 2.24) is 5.16 Å². The average molecular weight is 287 g/mol. The lowest BCUT2D eigenvalue weighted by Crippen LogP contribution is -2.24. The topological polar surface area (TPSA) is 52.0 Å². The summed E-state index contributed by atoms with van der Waals surface area (Å²) in [7, 11) is 0. The Morgan fingerprint density at radius 2 is 2.06 bits per heavy atom. The molecule has 0 amide bonds. The molecule has 16 heavy (non-hydrogen) atoms. The number of nitrogens with zero attached hydrogens (tertiary/aromatic N) is 1. The Hall–Kier alpha value is -0.510. The van der Waals surface area contributed by atoms with Crippen molar-refractivity contribution in [2.24, 2.45) is 5.92 Å². The Labute approximate surface area is 105 Å². The van der Waals surface area contributed by atoms with Crippen molar-refractivity contribution in [2.75, 3.05) is 5.73 Å². The van der Waals surface area contributed by atoms with E-state index in [-0.39, 0.29) is 5.41 Å². The van der Waals surface area contributed by atoms with Gasteiger partial charge in [0.2, 0.25) is 0 Å². The summed E-state index contributed by atoms with van der Waals surface area (Å²) in [6, 6.07) is 0. The van der Waals surface area contributed by atoms with E-state index in [9.17, 15) is 0 Å². The lowest BCUT2D eigenvalue weighted by molar-refractivity contribution is 0.252. The highest BCUT2D eigenvalue weighted by atomic mass is 79.9. The molecule has 1 fully saturated rings. The van der Waals surface area contributed by atoms with E-state index in [0.717, 1.165) is 16.7 Å². The summed E-state index contributed by atoms with van der Waals surface area (Å²) in [4.78, 5) is 0. The molecule has 1 aliphatic rings. The molecule has 1 aromatic rings. The Morgan fingerprint density at radius 3 is 2.50 bits per heavy atom. The first-order valence-corrected chi connectivity index (χ1v) is 6.75. The largest absolute Gasteiger partial charge is 0.380 e. The molecular weight excluding hydrogens is 268 g/mol. The minimum absolute atomic E-state index is 0.164. The summed E-state index contributed by atoms with van der Waals surface area (Å²) >= 11 is 3.50. The maximum atomic E-state index is 5.75. The van der Waals surface area contributed by atoms with E-state index >= 15 is 0 Å². The van der Waals surface area contributed by atoms with E-state index in [1.807, 2.05) is 0 Å². The van der Waals surface area contributed by atoms with Gasteiger partial charge in [-0.15, -0.1) is 0 Å². The number of halogens is 1. The molecule has 0 atom stereocenters. The second-order valence-electron chi connectivity index (χ2n) is 5.30. The molecule has 0 saturated heterocycles. The minimum atomic E-state index is 0.164. The second kappa shape index (κ2) is 4.40. The highest BCUT2D eigenvalue weighted by Gasteiger charge is 2.41. The van der Waals surface area contributed by atoms with Gasteiger partial charge < -0.3 is 10.3 Å². The Bertz CT molecular complexity index is 367. The van der Waals surface area contributed by atoms with Gasteiger partial charge in [0.15, 0.2) is 11.6 Å². The molecule has 1 heterocycles. The molecule has 2 rings (SSSR count). The Kier molecular flexibility index (Phi) is 3.29. The fourth-order valence-electron chi connectivity index (χ4n) is 2.98. The molecule has 0 aromatic carbocycles. The van der Waals surface area contributed by atoms with E-state index in [1.165, 1.54) is 25.7 Å². The van der Waals surface area contributed by atoms with Crippen LogP contribution in [0.4, 0.5) is 5.82 Å². The summed E-state index contributed by atoms with van der Waals surface area (Å²) in [5, 5.41) is 3.87. The monoisotopic (exact) mass is 286 g/mol. The summed E-state index contributed by atoms with van der Waals surface area (Å²) in [6.07, 6.45) is 6.09. The van der Waals surface area contributed by atoms with Crippen LogP contribution < -0.4 is 5.73 Å². The van der Waals surface area contributed by atoms with Gasteiger partial charge >= 0.3 is 0 Å². The number of anilines is 1. The van der Waals surface area contributed by atoms with E-state index in [4.69, 9.17) is 10.3 Å². The first-order valence-electron chi connectivity index (χ1n) is 5.96. The van der Waals surface area contributed by atoms with Crippen LogP contribution >= 0.6 is 15.9 Å². The van der Waals surface area contributed by atoms with E-state index in [2.05, 4.69) is 34.9 Å². The highest BCUT2D eigenvalue weighted by molar-refractivity contribution is 9.10. The quantitative estimate of drug-likeness (QED) is 0.917. The van der Waals surface area contributed by atoms with Crippen molar-refractivity contribution in [1.29, 1.82) is 0 Å². The molecule has 0 aliphatic heterocycles. The van der Waals surface area contributed by atoms with Crippen LogP contribution in [0.3, 0.4) is 0 Å². The SMILES string of the molecule is CC(C)CC1(c2onc(N)c2Br)CCCC1. The zero-order valence-electron chi connectivity index (χ0n) is 9.92. The number of hydrogen-bond donors (Lipinski definition) is 1. The first kappa shape index (κ1) is 12.0. The number of rotatable bonds is 3. The molecule has 2 N–H and O–H groups in total. The molecule has 1 aliphatic carbocycles. The first-order chi connectivity index (χ1) is 7.55. The zero-order valence-corrected chi connectivity index (χ0v) is 11.5. The van der Waals surface area contributed by atoms with Crippen LogP contribution in [0.15, 0.2) is 9.00 Å². The normalized spacial score (nSPS) is 19.5. The van der Waals surface area contributed by atoms with Crippen LogP contribution in [-0.2, 0) is 5.41 Å². The van der Waals surface area contributed by atoms with Gasteiger partial charge in [0.05, 0.1) is 0 Å². The van der Waals surface area contributed by atoms with Crippen molar-refractivity contribution in [2.45, 2.75) is 51.4 Å². The molecule has 0 unspecified atom stereocenters. The van der Waals surface area contributed by atoms with E-state index in [1.54, 1.807) is 0 Å². The molecule has 0 radical (unpaired) electrons. The fraction of sp³-hybridized carbons (Fsp3) is 0.750. The van der Waals surface area contributed by atoms with Gasteiger partial charge in [0.1, 0.15) is 4.47 Å². The summed E-state index contributed by atoms with van der Waals surface area (Å²) < 4.78 is 6.33. The van der Waals surface area contributed by atoms with Crippen LogP contribution in [0.25, 0.3) is 0 Å². The van der Waals surface area contributed by atoms with Crippen LogP contribution in [0, 0.1) is 5.92 Å². The lowest BCUT2D eigenvalue weighted by Gasteiger charge is -2.28. The van der Waals surface area contributed by atoms with Gasteiger partial charge in [0, 0.05) is 5.41 Å². The number of nitrogens with two attached hydrogens (primary N) is 1. The van der Waals surface area contributed by atoms with Gasteiger partial charge in [-0.25, -0.2) is 0 Å². The van der Waals surface area contributed by atoms with Crippen LogP contribution in [0.1, 0.15) is 51.7 Å². The highest BCUT2D eigenvalue weighted by Crippen LogP contribution is 2.48. The van der Waals surface area contributed by atoms with Gasteiger partial charge in [-0.3, -0.25) is 0 Å². The van der Waals surface area contributed by atoms with Crippen LogP contribution in [0.5, 0.6) is 0 Å². The maximum Gasteiger partial charge on any atom is 0.181 e. The van der Waals surface area contributed by atoms with Crippen LogP contribution in [0.2, 0.25) is 0 Å². The summed E-state index contributed by atoms with van der Waals surface area (Å²) in [5.74, 6) is 2.11. The molecule has 3 nitrogen and oxygen atoms in total. The smallest absolute Gasteiger partial charge is 0.181 e. The van der Waals surface area contributed by atoms with Crippen LogP contribution in [-0.4, -0.2) is 5.16 Å². The van der Waals surface area contributed by atoms with Gasteiger partial charge in [-0.1, -0.05) is 31.8 Å². The van der Waals surface area contributed by atoms with Gasteiger partial charge in [0.25, 0.3) is 0 Å². The van der Waals surface area contributed by atoms with Crippen molar-refractivity contribution in [3.8, 4) is 0 Å². The Morgan fingerprint density at radius 1 is 1.44 bits per heavy atom. The third-order valence-electron chi connectivity index (χ3n) is 3.50. The minimum Gasteiger partial charge on any atom is -0.380 e. The number of nitrogen functional groups attached to an aromatic ring is 1. The van der Waals surface area contributed by atoms with Crippen molar-refractivity contribution in [3.05, 3.63) is 10.2 Å². The third kappa shape index (κ3) is 1.99. The molecule has 90 valence electrons. The number of hydrogen-bond acceptors (Lipinski definition) is 3. The van der Waals surface area contributed by atoms with Gasteiger partial charge in [-0.2, -0.15) is 0 Å². The number of aromatic nitrogens is 1. The zero-order chi connectivity index (χ0) is 11.8. The van der Waals surface area contributed by atoms with E-state index in [0.29, 0.717) is 11.7 Å². The molecule has 0 spiro atoms. The average Bonchev–Trinajstić information content (AvgIpc) is 2.76. The molecule has 0 bridgehead atoms. The summed E-state index contributed by atoms with van der Waals surface area (Å²) in [6.45, 7) is 4.52. The maximum absolute atomic E-state index is 5.75. The molecule has 1 saturated carbocycles. The molecular formula is C12H19BrN2O. The molecule has 1 aromatic heterocycles. The van der Waals surface area contributed by atoms with Crippen molar-refractivity contribution < 1.29 is 4.52 Å². The predicted octanol–water partition coefficient (Wildman–Crippen LogP) is 3.88. The fourth-order valence-corrected chi connectivity index (χ4v) is 3.54. The van der Waals surface area contributed by atoms with Gasteiger partial charge in [-0.05, 0) is 41.1 Å². The van der Waals surface area contributed by atoms with E-state index < -0.39 is 0 Å². The van der Waals surface area contributed by atoms with Crippen molar-refractivity contribution in [3.63, 3.8) is 0 Å². The molecule has 4 heteroatoms. The lowest BCUT2D eigenvalue weighted by atomic mass is 9.76. The summed E-state index contributed by atoms with van der Waals surface area (Å²) in [5.41, 5.74) is 5.91. The Balaban J connectivity index is 2.35.